The van der Waals surface area contributed by atoms with Crippen molar-refractivity contribution in [3.63, 3.8) is 0 Å². The maximum Gasteiger partial charge on any atom is 0.233 e. The van der Waals surface area contributed by atoms with E-state index in [0.717, 1.165) is 24.8 Å². The van der Waals surface area contributed by atoms with E-state index in [0.29, 0.717) is 32.6 Å². The van der Waals surface area contributed by atoms with E-state index in [9.17, 15) is 9.59 Å². The summed E-state index contributed by atoms with van der Waals surface area (Å²) in [5.41, 5.74) is 6.60. The van der Waals surface area contributed by atoms with Crippen LogP contribution in [0.2, 0.25) is 0 Å². The molecule has 0 spiro atoms. The monoisotopic (exact) mass is 399 g/mol. The van der Waals surface area contributed by atoms with E-state index in [4.69, 9.17) is 5.73 Å². The summed E-state index contributed by atoms with van der Waals surface area (Å²) in [4.78, 5) is 28.0. The van der Waals surface area contributed by atoms with Crippen molar-refractivity contribution in [2.24, 2.45) is 17.1 Å². The van der Waals surface area contributed by atoms with Crippen LogP contribution in [0.5, 0.6) is 0 Å². The van der Waals surface area contributed by atoms with Gasteiger partial charge in [-0.1, -0.05) is 49.6 Å². The third kappa shape index (κ3) is 4.50. The van der Waals surface area contributed by atoms with E-state index >= 15 is 0 Å². The van der Waals surface area contributed by atoms with Crippen molar-refractivity contribution < 1.29 is 9.59 Å². The number of hydrogen-bond donors (Lipinski definition) is 2. The van der Waals surface area contributed by atoms with Crippen LogP contribution < -0.4 is 11.1 Å². The lowest BCUT2D eigenvalue weighted by molar-refractivity contribution is -0.134. The summed E-state index contributed by atoms with van der Waals surface area (Å²) in [5, 5.41) is 3.14. The zero-order valence-corrected chi connectivity index (χ0v) is 18.1. The molecule has 0 heterocycles. The molecule has 0 aromatic heterocycles. The molecule has 160 valence electrons. The lowest BCUT2D eigenvalue weighted by atomic mass is 9.71. The standard InChI is InChI=1S/C24H37N3O2/c1-3-27(4-2)22(29)24(19-11-7-5-8-12-19)15-20(24)17-26-21(28)16-23(18-25)13-9-6-10-14-23/h5,7-8,11-12,20H,3-4,6,9-10,13-18,25H2,1-2H3,(H,26,28). The zero-order valence-electron chi connectivity index (χ0n) is 18.1. The Labute approximate surface area is 175 Å². The molecular formula is C24H37N3O2. The fourth-order valence-electron chi connectivity index (χ4n) is 5.24. The second-order valence-corrected chi connectivity index (χ2v) is 8.96. The molecule has 3 N–H and O–H groups in total. The van der Waals surface area contributed by atoms with Gasteiger partial charge in [0.15, 0.2) is 0 Å². The van der Waals surface area contributed by atoms with Gasteiger partial charge in [0.2, 0.25) is 11.8 Å². The first kappa shape index (κ1) is 21.8. The molecule has 1 aromatic rings. The number of hydrogen-bond acceptors (Lipinski definition) is 3. The largest absolute Gasteiger partial charge is 0.356 e. The summed E-state index contributed by atoms with van der Waals surface area (Å²) >= 11 is 0. The molecule has 1 aromatic carbocycles. The number of carbonyl (C=O) groups excluding carboxylic acids is 2. The molecule has 29 heavy (non-hydrogen) atoms. The van der Waals surface area contributed by atoms with E-state index in [2.05, 4.69) is 17.4 Å². The highest BCUT2D eigenvalue weighted by molar-refractivity contribution is 5.92. The third-order valence-electron chi connectivity index (χ3n) is 7.25. The molecule has 0 aliphatic heterocycles. The van der Waals surface area contributed by atoms with Gasteiger partial charge < -0.3 is 16.0 Å². The average Bonchev–Trinajstić information content (AvgIpc) is 3.50. The number of nitrogens with two attached hydrogens (primary N) is 1. The van der Waals surface area contributed by atoms with Gasteiger partial charge in [-0.2, -0.15) is 0 Å². The first-order valence-electron chi connectivity index (χ1n) is 11.3. The average molecular weight is 400 g/mol. The lowest BCUT2D eigenvalue weighted by Gasteiger charge is -2.35. The maximum atomic E-state index is 13.4. The Morgan fingerprint density at radius 1 is 1.10 bits per heavy atom. The van der Waals surface area contributed by atoms with E-state index in [1.165, 1.54) is 19.3 Å². The topological polar surface area (TPSA) is 75.4 Å². The molecular weight excluding hydrogens is 362 g/mol. The number of benzene rings is 1. The van der Waals surface area contributed by atoms with Gasteiger partial charge in [0.05, 0.1) is 5.41 Å². The zero-order chi connectivity index (χ0) is 20.9. The van der Waals surface area contributed by atoms with Crippen molar-refractivity contribution in [3.05, 3.63) is 35.9 Å². The summed E-state index contributed by atoms with van der Waals surface area (Å²) in [6, 6.07) is 10.1. The summed E-state index contributed by atoms with van der Waals surface area (Å²) in [6.45, 7) is 6.61. The Hall–Kier alpha value is -1.88. The Bertz CT molecular complexity index is 695. The Kier molecular flexibility index (Phi) is 6.99. The van der Waals surface area contributed by atoms with Crippen LogP contribution in [-0.2, 0) is 15.0 Å². The normalized spacial score (nSPS) is 25.3. The molecule has 2 aliphatic carbocycles. The Balaban J connectivity index is 1.66. The minimum Gasteiger partial charge on any atom is -0.356 e. The quantitative estimate of drug-likeness (QED) is 0.669. The van der Waals surface area contributed by atoms with E-state index in [1.807, 2.05) is 36.9 Å². The van der Waals surface area contributed by atoms with Gasteiger partial charge >= 0.3 is 0 Å². The van der Waals surface area contributed by atoms with Gasteiger partial charge in [0.25, 0.3) is 0 Å². The molecule has 2 unspecified atom stereocenters. The number of likely N-dealkylation sites (N-methyl/N-ethyl adjacent to an activating group) is 1. The number of amides is 2. The van der Waals surface area contributed by atoms with Crippen molar-refractivity contribution in [1.82, 2.24) is 10.2 Å². The number of rotatable bonds is 9. The van der Waals surface area contributed by atoms with E-state index < -0.39 is 5.41 Å². The van der Waals surface area contributed by atoms with Gasteiger partial charge in [0.1, 0.15) is 0 Å². The molecule has 2 amide bonds. The molecule has 5 nitrogen and oxygen atoms in total. The summed E-state index contributed by atoms with van der Waals surface area (Å²) < 4.78 is 0. The van der Waals surface area contributed by atoms with Crippen molar-refractivity contribution in [2.45, 2.75) is 64.2 Å². The smallest absolute Gasteiger partial charge is 0.233 e. The van der Waals surface area contributed by atoms with Gasteiger partial charge in [-0.25, -0.2) is 0 Å². The highest BCUT2D eigenvalue weighted by Gasteiger charge is 2.61. The van der Waals surface area contributed by atoms with Gasteiger partial charge in [-0.15, -0.1) is 0 Å². The van der Waals surface area contributed by atoms with Crippen LogP contribution in [-0.4, -0.2) is 42.9 Å². The van der Waals surface area contributed by atoms with Gasteiger partial charge in [0, 0.05) is 26.1 Å². The van der Waals surface area contributed by atoms with Crippen molar-refractivity contribution in [2.75, 3.05) is 26.2 Å². The minimum absolute atomic E-state index is 0.0283. The fraction of sp³-hybridized carbons (Fsp3) is 0.667. The Morgan fingerprint density at radius 2 is 1.76 bits per heavy atom. The summed E-state index contributed by atoms with van der Waals surface area (Å²) in [7, 11) is 0. The molecule has 0 saturated heterocycles. The van der Waals surface area contributed by atoms with Crippen LogP contribution in [0.4, 0.5) is 0 Å². The highest BCUT2D eigenvalue weighted by atomic mass is 16.2. The predicted molar refractivity (Wildman–Crippen MR) is 116 cm³/mol. The fourth-order valence-corrected chi connectivity index (χ4v) is 5.24. The number of nitrogens with one attached hydrogen (secondary N) is 1. The second kappa shape index (κ2) is 9.29. The first-order valence-corrected chi connectivity index (χ1v) is 11.3. The van der Waals surface area contributed by atoms with Crippen molar-refractivity contribution in [3.8, 4) is 0 Å². The van der Waals surface area contributed by atoms with Crippen LogP contribution in [0.15, 0.2) is 30.3 Å². The molecule has 0 radical (unpaired) electrons. The van der Waals surface area contributed by atoms with Crippen molar-refractivity contribution >= 4 is 11.8 Å². The van der Waals surface area contributed by atoms with Crippen LogP contribution in [0.1, 0.15) is 64.4 Å². The van der Waals surface area contributed by atoms with Crippen LogP contribution in [0, 0.1) is 11.3 Å². The molecule has 3 rings (SSSR count). The Morgan fingerprint density at radius 3 is 2.34 bits per heavy atom. The van der Waals surface area contributed by atoms with Gasteiger partial charge in [-0.05, 0) is 56.6 Å². The van der Waals surface area contributed by atoms with Crippen LogP contribution in [0.3, 0.4) is 0 Å². The van der Waals surface area contributed by atoms with Crippen LogP contribution >= 0.6 is 0 Å². The van der Waals surface area contributed by atoms with E-state index in [1.54, 1.807) is 0 Å². The minimum atomic E-state index is -0.489. The SMILES string of the molecule is CCN(CC)C(=O)C1(c2ccccc2)CC1CNC(=O)CC1(CN)CCCCC1. The third-order valence-corrected chi connectivity index (χ3v) is 7.25. The van der Waals surface area contributed by atoms with Crippen molar-refractivity contribution in [1.29, 1.82) is 0 Å². The molecule has 5 heteroatoms. The molecule has 2 fully saturated rings. The number of carbonyl (C=O) groups is 2. The summed E-state index contributed by atoms with van der Waals surface area (Å²) in [5.74, 6) is 0.433. The van der Waals surface area contributed by atoms with E-state index in [-0.39, 0.29) is 23.1 Å². The van der Waals surface area contributed by atoms with Gasteiger partial charge in [-0.3, -0.25) is 9.59 Å². The predicted octanol–water partition coefficient (Wildman–Crippen LogP) is 3.23. The summed E-state index contributed by atoms with van der Waals surface area (Å²) in [6.07, 6.45) is 7.00. The molecule has 2 atom stereocenters. The molecule has 2 saturated carbocycles. The number of nitrogens with zero attached hydrogens (tertiary/aromatic N) is 1. The lowest BCUT2D eigenvalue weighted by Crippen LogP contribution is -2.42. The second-order valence-electron chi connectivity index (χ2n) is 8.96. The molecule has 0 bridgehead atoms. The first-order chi connectivity index (χ1) is 14.0. The molecule has 2 aliphatic rings. The highest BCUT2D eigenvalue weighted by Crippen LogP contribution is 2.55. The van der Waals surface area contributed by atoms with Crippen LogP contribution in [0.25, 0.3) is 0 Å². The maximum absolute atomic E-state index is 13.4.